The van der Waals surface area contributed by atoms with E-state index in [1.165, 1.54) is 11.1 Å². The number of rotatable bonds is 3. The summed E-state index contributed by atoms with van der Waals surface area (Å²) in [5, 5.41) is 0. The van der Waals surface area contributed by atoms with Gasteiger partial charge in [-0.05, 0) is 38.8 Å². The summed E-state index contributed by atoms with van der Waals surface area (Å²) in [6.07, 6.45) is 4.06. The summed E-state index contributed by atoms with van der Waals surface area (Å²) >= 11 is 0. The summed E-state index contributed by atoms with van der Waals surface area (Å²) in [7, 11) is 0. The zero-order valence-corrected chi connectivity index (χ0v) is 8.52. The maximum atomic E-state index is 5.81. The van der Waals surface area contributed by atoms with Crippen LogP contribution in [0.15, 0.2) is 35.5 Å². The Morgan fingerprint density at radius 2 is 1.92 bits per heavy atom. The molecule has 0 aromatic heterocycles. The van der Waals surface area contributed by atoms with E-state index in [0.717, 1.165) is 5.57 Å². The van der Waals surface area contributed by atoms with Crippen LogP contribution >= 0.6 is 0 Å². The molecule has 1 heteroatoms. The lowest BCUT2D eigenvalue weighted by Crippen LogP contribution is -2.18. The van der Waals surface area contributed by atoms with Crippen molar-refractivity contribution >= 4 is 0 Å². The molecule has 0 spiro atoms. The molecule has 0 aliphatic heterocycles. The van der Waals surface area contributed by atoms with Crippen LogP contribution in [0.1, 0.15) is 27.7 Å². The zero-order chi connectivity index (χ0) is 9.72. The molecule has 12 heavy (non-hydrogen) atoms. The van der Waals surface area contributed by atoms with Gasteiger partial charge in [0, 0.05) is 6.04 Å². The number of hydrogen-bond acceptors (Lipinski definition) is 1. The molecule has 1 nitrogen and oxygen atoms in total. The third-order valence-corrected chi connectivity index (χ3v) is 1.91. The van der Waals surface area contributed by atoms with Crippen LogP contribution in [0, 0.1) is 0 Å². The van der Waals surface area contributed by atoms with Crippen molar-refractivity contribution in [3.63, 3.8) is 0 Å². The van der Waals surface area contributed by atoms with Gasteiger partial charge in [-0.1, -0.05) is 24.3 Å². The van der Waals surface area contributed by atoms with Crippen LogP contribution in [0.4, 0.5) is 0 Å². The van der Waals surface area contributed by atoms with Gasteiger partial charge in [-0.3, -0.25) is 0 Å². The topological polar surface area (TPSA) is 26.0 Å². The first kappa shape index (κ1) is 11.2. The molecule has 68 valence electrons. The third-order valence-electron chi connectivity index (χ3n) is 1.91. The second-order valence-corrected chi connectivity index (χ2v) is 3.15. The maximum absolute atomic E-state index is 5.81. The van der Waals surface area contributed by atoms with Crippen LogP contribution in [0.5, 0.6) is 0 Å². The highest BCUT2D eigenvalue weighted by Gasteiger charge is 2.03. The molecule has 0 aliphatic carbocycles. The highest BCUT2D eigenvalue weighted by molar-refractivity contribution is 5.38. The van der Waals surface area contributed by atoms with E-state index in [9.17, 15) is 0 Å². The van der Waals surface area contributed by atoms with Gasteiger partial charge < -0.3 is 5.73 Å². The van der Waals surface area contributed by atoms with Crippen LogP contribution < -0.4 is 5.73 Å². The minimum Gasteiger partial charge on any atom is -0.324 e. The Kier molecular flexibility index (Phi) is 4.60. The van der Waals surface area contributed by atoms with Crippen molar-refractivity contribution in [1.82, 2.24) is 0 Å². The first-order chi connectivity index (χ1) is 5.50. The summed E-state index contributed by atoms with van der Waals surface area (Å²) in [6, 6.07) is 0.0814. The van der Waals surface area contributed by atoms with Crippen molar-refractivity contribution in [3.8, 4) is 0 Å². The Labute approximate surface area is 75.7 Å². The van der Waals surface area contributed by atoms with E-state index in [4.69, 9.17) is 5.73 Å². The second-order valence-electron chi connectivity index (χ2n) is 3.15. The molecule has 0 radical (unpaired) electrons. The summed E-state index contributed by atoms with van der Waals surface area (Å²) in [5.41, 5.74) is 9.26. The molecule has 0 bridgehead atoms. The van der Waals surface area contributed by atoms with Crippen LogP contribution in [0.3, 0.4) is 0 Å². The van der Waals surface area contributed by atoms with Gasteiger partial charge in [0.15, 0.2) is 0 Å². The normalized spacial score (nSPS) is 16.1. The third kappa shape index (κ3) is 3.05. The Morgan fingerprint density at radius 3 is 2.17 bits per heavy atom. The largest absolute Gasteiger partial charge is 0.324 e. The average Bonchev–Trinajstić information content (AvgIpc) is 1.98. The fourth-order valence-corrected chi connectivity index (χ4v) is 1.04. The molecule has 0 amide bonds. The fourth-order valence-electron chi connectivity index (χ4n) is 1.04. The lowest BCUT2D eigenvalue weighted by molar-refractivity contribution is 0.871. The molecule has 0 aromatic carbocycles. The predicted molar refractivity (Wildman–Crippen MR) is 56.0 cm³/mol. The lowest BCUT2D eigenvalue weighted by atomic mass is 9.99. The highest BCUT2D eigenvalue weighted by Crippen LogP contribution is 2.15. The summed E-state index contributed by atoms with van der Waals surface area (Å²) in [5.74, 6) is 0. The Balaban J connectivity index is 4.93. The molecule has 0 aromatic rings. The molecular formula is C11H19N. The van der Waals surface area contributed by atoms with Crippen LogP contribution in [0.25, 0.3) is 0 Å². The Morgan fingerprint density at radius 1 is 1.42 bits per heavy atom. The van der Waals surface area contributed by atoms with E-state index >= 15 is 0 Å². The van der Waals surface area contributed by atoms with Crippen LogP contribution in [0.2, 0.25) is 0 Å². The molecule has 0 saturated carbocycles. The smallest absolute Gasteiger partial charge is 0.0268 e. The molecular weight excluding hydrogens is 146 g/mol. The van der Waals surface area contributed by atoms with E-state index in [-0.39, 0.29) is 6.04 Å². The number of allylic oxidation sites excluding steroid dienone is 3. The zero-order valence-electron chi connectivity index (χ0n) is 8.52. The fraction of sp³-hybridized carbons (Fsp3) is 0.455. The van der Waals surface area contributed by atoms with Gasteiger partial charge in [-0.2, -0.15) is 0 Å². The van der Waals surface area contributed by atoms with E-state index in [1.54, 1.807) is 0 Å². The van der Waals surface area contributed by atoms with Gasteiger partial charge in [0.1, 0.15) is 0 Å². The quantitative estimate of drug-likeness (QED) is 0.639. The molecule has 1 atom stereocenters. The SMILES string of the molecule is C=C(C)/C(C)=C(/C=C\C)C(C)N. The second kappa shape index (κ2) is 4.94. The van der Waals surface area contributed by atoms with Crippen LogP contribution in [-0.4, -0.2) is 6.04 Å². The molecule has 1 unspecified atom stereocenters. The van der Waals surface area contributed by atoms with Gasteiger partial charge in [-0.25, -0.2) is 0 Å². The summed E-state index contributed by atoms with van der Waals surface area (Å²) < 4.78 is 0. The molecule has 0 saturated heterocycles. The molecule has 2 N–H and O–H groups in total. The maximum Gasteiger partial charge on any atom is 0.0268 e. The van der Waals surface area contributed by atoms with Gasteiger partial charge >= 0.3 is 0 Å². The molecule has 0 fully saturated rings. The van der Waals surface area contributed by atoms with Gasteiger partial charge in [0.25, 0.3) is 0 Å². The standard InChI is InChI=1S/C11H19N/c1-6-7-11(10(5)12)9(4)8(2)3/h6-7,10H,2,12H2,1,3-5H3/b7-6-,11-9-. The molecule has 0 aliphatic rings. The molecule has 0 rings (SSSR count). The minimum atomic E-state index is 0.0814. The molecule has 0 heterocycles. The van der Waals surface area contributed by atoms with Crippen LogP contribution in [-0.2, 0) is 0 Å². The van der Waals surface area contributed by atoms with Gasteiger partial charge in [0.2, 0.25) is 0 Å². The van der Waals surface area contributed by atoms with Crippen molar-refractivity contribution in [2.24, 2.45) is 5.73 Å². The minimum absolute atomic E-state index is 0.0814. The highest BCUT2D eigenvalue weighted by atomic mass is 14.6. The number of nitrogens with two attached hydrogens (primary N) is 1. The van der Waals surface area contributed by atoms with Crippen molar-refractivity contribution in [1.29, 1.82) is 0 Å². The van der Waals surface area contributed by atoms with E-state index in [0.29, 0.717) is 0 Å². The summed E-state index contributed by atoms with van der Waals surface area (Å²) in [4.78, 5) is 0. The lowest BCUT2D eigenvalue weighted by Gasteiger charge is -2.11. The Hall–Kier alpha value is -0.820. The van der Waals surface area contributed by atoms with E-state index in [2.05, 4.69) is 19.6 Å². The monoisotopic (exact) mass is 165 g/mol. The van der Waals surface area contributed by atoms with Crippen molar-refractivity contribution < 1.29 is 0 Å². The predicted octanol–water partition coefficient (Wildman–Crippen LogP) is 2.80. The van der Waals surface area contributed by atoms with E-state index < -0.39 is 0 Å². The van der Waals surface area contributed by atoms with Crippen molar-refractivity contribution in [2.75, 3.05) is 0 Å². The van der Waals surface area contributed by atoms with Gasteiger partial charge in [0.05, 0.1) is 0 Å². The van der Waals surface area contributed by atoms with Gasteiger partial charge in [-0.15, -0.1) is 0 Å². The average molecular weight is 165 g/mol. The first-order valence-corrected chi connectivity index (χ1v) is 4.25. The van der Waals surface area contributed by atoms with E-state index in [1.807, 2.05) is 26.8 Å². The van der Waals surface area contributed by atoms with Crippen molar-refractivity contribution in [3.05, 3.63) is 35.5 Å². The number of hydrogen-bond donors (Lipinski definition) is 1. The summed E-state index contributed by atoms with van der Waals surface area (Å²) in [6.45, 7) is 11.9. The van der Waals surface area contributed by atoms with Crippen molar-refractivity contribution in [2.45, 2.75) is 33.7 Å². The Bertz CT molecular complexity index is 219. The first-order valence-electron chi connectivity index (χ1n) is 4.25.